The van der Waals surface area contributed by atoms with Crippen molar-refractivity contribution >= 4 is 27.5 Å². The molecular formula is C19H20N2OS. The number of para-hydroxylation sites is 1. The van der Waals surface area contributed by atoms with Gasteiger partial charge in [-0.3, -0.25) is 4.79 Å². The molecule has 23 heavy (non-hydrogen) atoms. The molecule has 0 N–H and O–H groups in total. The minimum atomic E-state index is -0.186. The third-order valence-electron chi connectivity index (χ3n) is 3.63. The van der Waals surface area contributed by atoms with E-state index in [0.717, 1.165) is 27.1 Å². The summed E-state index contributed by atoms with van der Waals surface area (Å²) < 4.78 is 3.31. The maximum atomic E-state index is 12.5. The predicted octanol–water partition coefficient (Wildman–Crippen LogP) is 4.41. The monoisotopic (exact) mass is 324 g/mol. The summed E-state index contributed by atoms with van der Waals surface area (Å²) >= 11 is 1.57. The lowest BCUT2D eigenvalue weighted by atomic mass is 10.1. The van der Waals surface area contributed by atoms with E-state index in [2.05, 4.69) is 35.5 Å². The van der Waals surface area contributed by atoms with Gasteiger partial charge in [-0.15, -0.1) is 0 Å². The van der Waals surface area contributed by atoms with Crippen LogP contribution in [-0.4, -0.2) is 10.5 Å². The van der Waals surface area contributed by atoms with Crippen molar-refractivity contribution in [2.45, 2.75) is 27.3 Å². The fraction of sp³-hybridized carbons (Fsp3) is 0.263. The van der Waals surface area contributed by atoms with Gasteiger partial charge in [-0.1, -0.05) is 55.0 Å². The van der Waals surface area contributed by atoms with Gasteiger partial charge in [0.2, 0.25) is 0 Å². The van der Waals surface area contributed by atoms with Gasteiger partial charge >= 0.3 is 0 Å². The molecule has 0 bridgehead atoms. The summed E-state index contributed by atoms with van der Waals surface area (Å²) in [6.45, 7) is 7.20. The SMILES string of the molecule is Cc1ccc(C(=O)N=c2sc3ccccc3n2CC(C)C)cc1. The molecule has 2 aromatic carbocycles. The standard InChI is InChI=1S/C19H20N2OS/c1-13(2)12-21-16-6-4-5-7-17(16)23-19(21)20-18(22)15-10-8-14(3)9-11-15/h4-11,13H,12H2,1-3H3. The minimum Gasteiger partial charge on any atom is -0.316 e. The zero-order valence-corrected chi connectivity index (χ0v) is 14.4. The minimum absolute atomic E-state index is 0.186. The van der Waals surface area contributed by atoms with Crippen LogP contribution in [0.15, 0.2) is 53.5 Å². The first-order chi connectivity index (χ1) is 11.0. The topological polar surface area (TPSA) is 34.4 Å². The molecule has 0 atom stereocenters. The van der Waals surface area contributed by atoms with Crippen molar-refractivity contribution in [2.24, 2.45) is 10.9 Å². The Morgan fingerprint density at radius 3 is 2.52 bits per heavy atom. The second-order valence-corrected chi connectivity index (χ2v) is 7.15. The number of carbonyl (C=O) groups is 1. The van der Waals surface area contributed by atoms with Gasteiger partial charge in [0.05, 0.1) is 10.2 Å². The molecule has 1 aromatic heterocycles. The van der Waals surface area contributed by atoms with E-state index < -0.39 is 0 Å². The number of amides is 1. The van der Waals surface area contributed by atoms with E-state index in [0.29, 0.717) is 11.5 Å². The molecule has 0 fully saturated rings. The van der Waals surface area contributed by atoms with E-state index in [9.17, 15) is 4.79 Å². The van der Waals surface area contributed by atoms with Crippen LogP contribution in [0.3, 0.4) is 0 Å². The van der Waals surface area contributed by atoms with Crippen molar-refractivity contribution < 1.29 is 4.79 Å². The van der Waals surface area contributed by atoms with E-state index in [4.69, 9.17) is 0 Å². The van der Waals surface area contributed by atoms with Crippen LogP contribution in [0.25, 0.3) is 10.2 Å². The molecule has 0 radical (unpaired) electrons. The van der Waals surface area contributed by atoms with Crippen molar-refractivity contribution in [2.75, 3.05) is 0 Å². The zero-order valence-electron chi connectivity index (χ0n) is 13.6. The van der Waals surface area contributed by atoms with Crippen LogP contribution in [-0.2, 0) is 6.54 Å². The number of thiazole rings is 1. The third kappa shape index (κ3) is 3.42. The van der Waals surface area contributed by atoms with Crippen LogP contribution in [0.2, 0.25) is 0 Å². The summed E-state index contributed by atoms with van der Waals surface area (Å²) in [5.41, 5.74) is 2.91. The quantitative estimate of drug-likeness (QED) is 0.703. The lowest BCUT2D eigenvalue weighted by Crippen LogP contribution is -2.19. The summed E-state index contributed by atoms with van der Waals surface area (Å²) in [6, 6.07) is 15.8. The Morgan fingerprint density at radius 2 is 1.83 bits per heavy atom. The molecule has 118 valence electrons. The van der Waals surface area contributed by atoms with Crippen LogP contribution in [0.4, 0.5) is 0 Å². The maximum absolute atomic E-state index is 12.5. The van der Waals surface area contributed by atoms with Crippen LogP contribution in [0.1, 0.15) is 29.8 Å². The summed E-state index contributed by atoms with van der Waals surface area (Å²) in [5.74, 6) is 0.301. The first kappa shape index (κ1) is 15.7. The van der Waals surface area contributed by atoms with Gasteiger partial charge < -0.3 is 4.57 Å². The predicted molar refractivity (Wildman–Crippen MR) is 95.7 cm³/mol. The Labute approximate surface area is 139 Å². The average Bonchev–Trinajstić information content (AvgIpc) is 2.85. The summed E-state index contributed by atoms with van der Waals surface area (Å²) in [4.78, 5) is 17.6. The molecule has 0 saturated carbocycles. The largest absolute Gasteiger partial charge is 0.316 e. The highest BCUT2D eigenvalue weighted by atomic mass is 32.1. The van der Waals surface area contributed by atoms with E-state index in [1.807, 2.05) is 43.3 Å². The molecule has 0 unspecified atom stereocenters. The molecule has 0 aliphatic carbocycles. The van der Waals surface area contributed by atoms with Crippen LogP contribution >= 0.6 is 11.3 Å². The molecule has 0 aliphatic rings. The zero-order chi connectivity index (χ0) is 16.4. The third-order valence-corrected chi connectivity index (χ3v) is 4.69. The van der Waals surface area contributed by atoms with Crippen molar-refractivity contribution in [3.63, 3.8) is 0 Å². The normalized spacial score (nSPS) is 12.3. The number of nitrogens with zero attached hydrogens (tertiary/aromatic N) is 2. The van der Waals surface area contributed by atoms with Gasteiger partial charge in [-0.25, -0.2) is 0 Å². The number of aromatic nitrogens is 1. The fourth-order valence-electron chi connectivity index (χ4n) is 2.50. The highest BCUT2D eigenvalue weighted by Crippen LogP contribution is 2.18. The molecular weight excluding hydrogens is 304 g/mol. The Balaban J connectivity index is 2.10. The summed E-state index contributed by atoms with van der Waals surface area (Å²) in [6.07, 6.45) is 0. The summed E-state index contributed by atoms with van der Waals surface area (Å²) in [7, 11) is 0. The fourth-order valence-corrected chi connectivity index (χ4v) is 3.53. The second-order valence-electron chi connectivity index (χ2n) is 6.14. The Hall–Kier alpha value is -2.20. The Bertz CT molecular complexity index is 901. The van der Waals surface area contributed by atoms with E-state index in [-0.39, 0.29) is 5.91 Å². The number of fused-ring (bicyclic) bond motifs is 1. The highest BCUT2D eigenvalue weighted by molar-refractivity contribution is 7.16. The average molecular weight is 324 g/mol. The van der Waals surface area contributed by atoms with Gasteiger partial charge in [-0.2, -0.15) is 4.99 Å². The first-order valence-corrected chi connectivity index (χ1v) is 8.60. The first-order valence-electron chi connectivity index (χ1n) is 7.78. The molecule has 0 aliphatic heterocycles. The van der Waals surface area contributed by atoms with Crippen molar-refractivity contribution in [3.8, 4) is 0 Å². The van der Waals surface area contributed by atoms with E-state index in [1.54, 1.807) is 11.3 Å². The van der Waals surface area contributed by atoms with Crippen molar-refractivity contribution in [3.05, 3.63) is 64.5 Å². The Kier molecular flexibility index (Phi) is 4.44. The van der Waals surface area contributed by atoms with Gasteiger partial charge in [-0.05, 0) is 37.1 Å². The lowest BCUT2D eigenvalue weighted by Gasteiger charge is -2.07. The smallest absolute Gasteiger partial charge is 0.279 e. The van der Waals surface area contributed by atoms with Crippen LogP contribution in [0, 0.1) is 12.8 Å². The molecule has 3 nitrogen and oxygen atoms in total. The molecule has 0 saturated heterocycles. The van der Waals surface area contributed by atoms with Crippen LogP contribution < -0.4 is 4.80 Å². The Morgan fingerprint density at radius 1 is 1.13 bits per heavy atom. The molecule has 3 rings (SSSR count). The number of benzene rings is 2. The van der Waals surface area contributed by atoms with E-state index >= 15 is 0 Å². The maximum Gasteiger partial charge on any atom is 0.279 e. The van der Waals surface area contributed by atoms with Gasteiger partial charge in [0.25, 0.3) is 5.91 Å². The number of hydrogen-bond donors (Lipinski definition) is 0. The lowest BCUT2D eigenvalue weighted by molar-refractivity contribution is 0.0997. The number of aryl methyl sites for hydroxylation is 1. The van der Waals surface area contributed by atoms with E-state index in [1.165, 1.54) is 0 Å². The number of rotatable bonds is 3. The number of carbonyl (C=O) groups excluding carboxylic acids is 1. The van der Waals surface area contributed by atoms with Crippen molar-refractivity contribution in [1.29, 1.82) is 0 Å². The molecule has 4 heteroatoms. The number of hydrogen-bond acceptors (Lipinski definition) is 2. The molecule has 3 aromatic rings. The van der Waals surface area contributed by atoms with Gasteiger partial charge in [0, 0.05) is 12.1 Å². The van der Waals surface area contributed by atoms with Crippen molar-refractivity contribution in [1.82, 2.24) is 4.57 Å². The molecule has 1 amide bonds. The molecule has 1 heterocycles. The summed E-state index contributed by atoms with van der Waals surface area (Å²) in [5, 5.41) is 0. The second kappa shape index (κ2) is 6.50. The van der Waals surface area contributed by atoms with Crippen LogP contribution in [0.5, 0.6) is 0 Å². The molecule has 0 spiro atoms. The highest BCUT2D eigenvalue weighted by Gasteiger charge is 2.10. The van der Waals surface area contributed by atoms with Gasteiger partial charge in [0.1, 0.15) is 0 Å². The van der Waals surface area contributed by atoms with Gasteiger partial charge in [0.15, 0.2) is 4.80 Å².